The molecule has 11 rings (SSSR count). The average Bonchev–Trinajstić information content (AvgIpc) is 3.62. The van der Waals surface area contributed by atoms with Crippen molar-refractivity contribution in [2.45, 2.75) is 6.42 Å². The third-order valence-corrected chi connectivity index (χ3v) is 11.0. The number of nitrogens with zero attached hydrogens (tertiary/aromatic N) is 4. The lowest BCUT2D eigenvalue weighted by Crippen LogP contribution is -2.07. The van der Waals surface area contributed by atoms with E-state index >= 15 is 0 Å². The van der Waals surface area contributed by atoms with Crippen LogP contribution >= 0.6 is 0 Å². The highest BCUT2D eigenvalue weighted by Crippen LogP contribution is 2.43. The highest BCUT2D eigenvalue weighted by atomic mass is 16.5. The molecule has 57 heavy (non-hydrogen) atoms. The highest BCUT2D eigenvalue weighted by Gasteiger charge is 2.24. The standard InChI is InChI=1S/C52H34N4O/c1-4-13-34(14-5-1)35-23-27-41(28-24-35)56-46-21-11-10-19-42(46)44-32-39(25-29-47(44)56)38-26-30-48-40(31-38)33-45-43(20-12-22-49(45)57-48)52-54-50(36-15-6-2-7-16-36)53-51(55-52)37-17-8-3-9-18-37/h1-32H,33H2. The maximum Gasteiger partial charge on any atom is 0.164 e. The molecule has 1 aliphatic rings. The number of rotatable bonds is 6. The lowest BCUT2D eigenvalue weighted by atomic mass is 9.92. The van der Waals surface area contributed by atoms with Crippen LogP contribution < -0.4 is 4.74 Å². The molecule has 0 radical (unpaired) electrons. The van der Waals surface area contributed by atoms with Gasteiger partial charge in [0.1, 0.15) is 11.5 Å². The van der Waals surface area contributed by atoms with Crippen molar-refractivity contribution in [2.24, 2.45) is 0 Å². The minimum Gasteiger partial charge on any atom is -0.457 e. The third-order valence-electron chi connectivity index (χ3n) is 11.0. The highest BCUT2D eigenvalue weighted by molar-refractivity contribution is 6.10. The van der Waals surface area contributed by atoms with Crippen LogP contribution in [0.5, 0.6) is 11.5 Å². The molecule has 0 spiro atoms. The van der Waals surface area contributed by atoms with Gasteiger partial charge in [-0.3, -0.25) is 0 Å². The van der Waals surface area contributed by atoms with Crippen molar-refractivity contribution >= 4 is 21.8 Å². The van der Waals surface area contributed by atoms with E-state index in [1.165, 1.54) is 32.9 Å². The number of para-hydroxylation sites is 1. The van der Waals surface area contributed by atoms with Crippen molar-refractivity contribution in [1.82, 2.24) is 19.5 Å². The summed E-state index contributed by atoms with van der Waals surface area (Å²) in [5.74, 6) is 3.58. The average molecular weight is 731 g/mol. The molecule has 0 aliphatic carbocycles. The van der Waals surface area contributed by atoms with Crippen molar-refractivity contribution in [3.8, 4) is 73.6 Å². The van der Waals surface area contributed by atoms with Crippen LogP contribution in [-0.4, -0.2) is 19.5 Å². The fourth-order valence-corrected chi connectivity index (χ4v) is 8.15. The summed E-state index contributed by atoms with van der Waals surface area (Å²) < 4.78 is 8.97. The quantitative estimate of drug-likeness (QED) is 0.171. The fraction of sp³-hybridized carbons (Fsp3) is 0.0192. The molecule has 1 aliphatic heterocycles. The summed E-state index contributed by atoms with van der Waals surface area (Å²) in [7, 11) is 0. The molecule has 0 amide bonds. The van der Waals surface area contributed by atoms with E-state index in [0.29, 0.717) is 23.9 Å². The topological polar surface area (TPSA) is 52.8 Å². The Morgan fingerprint density at radius 1 is 0.386 bits per heavy atom. The van der Waals surface area contributed by atoms with Crippen LogP contribution in [0.25, 0.3) is 83.9 Å². The van der Waals surface area contributed by atoms with E-state index in [4.69, 9.17) is 19.7 Å². The monoisotopic (exact) mass is 730 g/mol. The summed E-state index contributed by atoms with van der Waals surface area (Å²) in [4.78, 5) is 15.0. The Kier molecular flexibility index (Phi) is 7.81. The molecule has 268 valence electrons. The van der Waals surface area contributed by atoms with E-state index in [0.717, 1.165) is 56.1 Å². The molecule has 8 aromatic carbocycles. The van der Waals surface area contributed by atoms with Gasteiger partial charge in [0.05, 0.1) is 11.0 Å². The van der Waals surface area contributed by atoms with Crippen LogP contribution in [-0.2, 0) is 6.42 Å². The second-order valence-electron chi connectivity index (χ2n) is 14.4. The molecule has 0 unspecified atom stereocenters. The number of fused-ring (bicyclic) bond motifs is 5. The van der Waals surface area contributed by atoms with Gasteiger partial charge in [0.25, 0.3) is 0 Å². The van der Waals surface area contributed by atoms with E-state index in [9.17, 15) is 0 Å². The Bertz CT molecular complexity index is 3040. The molecule has 5 nitrogen and oxygen atoms in total. The number of hydrogen-bond donors (Lipinski definition) is 0. The first-order valence-corrected chi connectivity index (χ1v) is 19.2. The van der Waals surface area contributed by atoms with Crippen LogP contribution in [0.4, 0.5) is 0 Å². The number of hydrogen-bond acceptors (Lipinski definition) is 4. The zero-order valence-corrected chi connectivity index (χ0v) is 30.9. The number of aromatic nitrogens is 4. The van der Waals surface area contributed by atoms with Gasteiger partial charge in [-0.2, -0.15) is 0 Å². The van der Waals surface area contributed by atoms with E-state index in [1.807, 2.05) is 72.8 Å². The maximum atomic E-state index is 6.60. The molecule has 0 N–H and O–H groups in total. The van der Waals surface area contributed by atoms with Gasteiger partial charge >= 0.3 is 0 Å². The largest absolute Gasteiger partial charge is 0.457 e. The van der Waals surface area contributed by atoms with Crippen LogP contribution in [0.1, 0.15) is 11.1 Å². The molecular weight excluding hydrogens is 697 g/mol. The molecule has 3 heterocycles. The van der Waals surface area contributed by atoms with E-state index in [2.05, 4.69) is 126 Å². The van der Waals surface area contributed by atoms with Crippen molar-refractivity contribution in [3.63, 3.8) is 0 Å². The van der Waals surface area contributed by atoms with Gasteiger partial charge in [-0.25, -0.2) is 15.0 Å². The Hall–Kier alpha value is -7.63. The Morgan fingerprint density at radius 2 is 0.947 bits per heavy atom. The predicted octanol–water partition coefficient (Wildman–Crippen LogP) is 13.0. The summed E-state index contributed by atoms with van der Waals surface area (Å²) >= 11 is 0. The van der Waals surface area contributed by atoms with Crippen LogP contribution in [0, 0.1) is 0 Å². The summed E-state index contributed by atoms with van der Waals surface area (Å²) in [5, 5.41) is 2.44. The fourth-order valence-electron chi connectivity index (χ4n) is 8.15. The molecule has 0 atom stereocenters. The summed E-state index contributed by atoms with van der Waals surface area (Å²) in [6, 6.07) is 67.8. The van der Waals surface area contributed by atoms with Gasteiger partial charge in [-0.15, -0.1) is 0 Å². The number of benzene rings is 8. The van der Waals surface area contributed by atoms with Gasteiger partial charge < -0.3 is 9.30 Å². The molecular formula is C52H34N4O. The van der Waals surface area contributed by atoms with E-state index in [-0.39, 0.29) is 0 Å². The normalized spacial score (nSPS) is 11.9. The summed E-state index contributed by atoms with van der Waals surface area (Å²) in [6.07, 6.45) is 0.683. The zero-order chi connectivity index (χ0) is 37.7. The Labute approximate surface area is 330 Å². The first-order chi connectivity index (χ1) is 28.2. The first-order valence-electron chi connectivity index (χ1n) is 19.2. The zero-order valence-electron chi connectivity index (χ0n) is 30.9. The molecule has 0 bridgehead atoms. The van der Waals surface area contributed by atoms with Gasteiger partial charge in [0.2, 0.25) is 0 Å². The maximum absolute atomic E-state index is 6.60. The Morgan fingerprint density at radius 3 is 1.67 bits per heavy atom. The van der Waals surface area contributed by atoms with Crippen LogP contribution in [0.15, 0.2) is 194 Å². The third kappa shape index (κ3) is 5.85. The summed E-state index contributed by atoms with van der Waals surface area (Å²) in [5.41, 5.74) is 13.2. The smallest absolute Gasteiger partial charge is 0.164 e. The van der Waals surface area contributed by atoms with Crippen LogP contribution in [0.2, 0.25) is 0 Å². The van der Waals surface area contributed by atoms with Gasteiger partial charge in [-0.1, -0.05) is 146 Å². The van der Waals surface area contributed by atoms with Gasteiger partial charge in [0.15, 0.2) is 17.5 Å². The first kappa shape index (κ1) is 32.8. The predicted molar refractivity (Wildman–Crippen MR) is 231 cm³/mol. The SMILES string of the molecule is c1ccc(-c2ccc(-n3c4ccccc4c4cc(-c5ccc6c(c5)Cc5c(cccc5-c5nc(-c7ccccc7)nc(-c7ccccc7)n5)O6)ccc43)cc2)cc1. The Balaban J connectivity index is 0.971. The molecule has 0 saturated carbocycles. The lowest BCUT2D eigenvalue weighted by molar-refractivity contribution is 0.460. The van der Waals surface area contributed by atoms with Crippen molar-refractivity contribution in [1.29, 1.82) is 0 Å². The minimum absolute atomic E-state index is 0.624. The van der Waals surface area contributed by atoms with E-state index in [1.54, 1.807) is 0 Å². The summed E-state index contributed by atoms with van der Waals surface area (Å²) in [6.45, 7) is 0. The molecule has 5 heteroatoms. The second-order valence-corrected chi connectivity index (χ2v) is 14.4. The van der Waals surface area contributed by atoms with Crippen molar-refractivity contribution in [2.75, 3.05) is 0 Å². The van der Waals surface area contributed by atoms with Crippen LogP contribution in [0.3, 0.4) is 0 Å². The second kappa shape index (κ2) is 13.6. The minimum atomic E-state index is 0.624. The molecule has 10 aromatic rings. The molecule has 0 saturated heterocycles. The molecule has 0 fully saturated rings. The van der Waals surface area contributed by atoms with Crippen molar-refractivity contribution in [3.05, 3.63) is 205 Å². The molecule has 2 aromatic heterocycles. The van der Waals surface area contributed by atoms with Gasteiger partial charge in [0, 0.05) is 45.1 Å². The van der Waals surface area contributed by atoms with E-state index < -0.39 is 0 Å². The lowest BCUT2D eigenvalue weighted by Gasteiger charge is -2.23. The van der Waals surface area contributed by atoms with Crippen molar-refractivity contribution < 1.29 is 4.74 Å². The number of ether oxygens (including phenoxy) is 1. The van der Waals surface area contributed by atoms with Gasteiger partial charge in [-0.05, 0) is 76.3 Å².